The average molecular weight is 226 g/mol. The maximum absolute atomic E-state index is 9.21. The van der Waals surface area contributed by atoms with Crippen molar-refractivity contribution in [3.8, 4) is 5.75 Å². The molecule has 1 rings (SSSR count). The van der Waals surface area contributed by atoms with Gasteiger partial charge in [-0.05, 0) is 37.3 Å². The maximum atomic E-state index is 9.21. The van der Waals surface area contributed by atoms with Crippen molar-refractivity contribution in [1.82, 2.24) is 0 Å². The number of aliphatic hydroxyl groups is 1. The smallest absolute Gasteiger partial charge is 0.119 e. The average Bonchev–Trinajstić information content (AvgIpc) is 2.20. The van der Waals surface area contributed by atoms with Crippen LogP contribution in [0.3, 0.4) is 0 Å². The van der Waals surface area contributed by atoms with Crippen LogP contribution in [-0.4, -0.2) is 29.8 Å². The van der Waals surface area contributed by atoms with Crippen LogP contribution in [0.4, 0.5) is 0 Å². The summed E-state index contributed by atoms with van der Waals surface area (Å²) >= 11 is 1.77. The summed E-state index contributed by atoms with van der Waals surface area (Å²) in [5.74, 6) is 1.91. The molecular formula is C12H18O2S. The van der Waals surface area contributed by atoms with E-state index < -0.39 is 0 Å². The Morgan fingerprint density at radius 3 is 2.53 bits per heavy atom. The standard InChI is InChI=1S/C12H18O2S/c1-10(13)9-11-3-5-12(6-4-11)14-7-8-15-2/h3-6,10,13H,7-9H2,1-2H3. The van der Waals surface area contributed by atoms with Crippen LogP contribution >= 0.6 is 11.8 Å². The number of thioether (sulfide) groups is 1. The van der Waals surface area contributed by atoms with Gasteiger partial charge in [0.25, 0.3) is 0 Å². The molecule has 0 fully saturated rings. The lowest BCUT2D eigenvalue weighted by molar-refractivity contribution is 0.195. The van der Waals surface area contributed by atoms with Gasteiger partial charge in [-0.3, -0.25) is 0 Å². The Morgan fingerprint density at radius 2 is 2.00 bits per heavy atom. The van der Waals surface area contributed by atoms with Gasteiger partial charge in [-0.1, -0.05) is 12.1 Å². The van der Waals surface area contributed by atoms with Crippen molar-refractivity contribution in [2.24, 2.45) is 0 Å². The molecule has 0 saturated carbocycles. The van der Waals surface area contributed by atoms with Crippen LogP contribution < -0.4 is 4.74 Å². The Hall–Kier alpha value is -0.670. The molecule has 15 heavy (non-hydrogen) atoms. The summed E-state index contributed by atoms with van der Waals surface area (Å²) in [6.07, 6.45) is 2.48. The highest BCUT2D eigenvalue weighted by Gasteiger charge is 1.99. The lowest BCUT2D eigenvalue weighted by atomic mass is 10.1. The van der Waals surface area contributed by atoms with Crippen molar-refractivity contribution in [3.63, 3.8) is 0 Å². The Kier molecular flexibility index (Phi) is 5.58. The van der Waals surface area contributed by atoms with Gasteiger partial charge in [-0.2, -0.15) is 11.8 Å². The first kappa shape index (κ1) is 12.4. The van der Waals surface area contributed by atoms with Crippen molar-refractivity contribution in [3.05, 3.63) is 29.8 Å². The first-order valence-corrected chi connectivity index (χ1v) is 6.50. The number of hydrogen-bond acceptors (Lipinski definition) is 3. The van der Waals surface area contributed by atoms with E-state index in [-0.39, 0.29) is 6.10 Å². The summed E-state index contributed by atoms with van der Waals surface area (Å²) in [5, 5.41) is 9.21. The minimum atomic E-state index is -0.284. The largest absolute Gasteiger partial charge is 0.493 e. The van der Waals surface area contributed by atoms with Gasteiger partial charge in [-0.25, -0.2) is 0 Å². The maximum Gasteiger partial charge on any atom is 0.119 e. The lowest BCUT2D eigenvalue weighted by Gasteiger charge is -2.07. The van der Waals surface area contributed by atoms with Crippen molar-refractivity contribution in [2.45, 2.75) is 19.4 Å². The molecular weight excluding hydrogens is 208 g/mol. The number of benzene rings is 1. The van der Waals surface area contributed by atoms with Crippen LogP contribution in [0.1, 0.15) is 12.5 Å². The van der Waals surface area contributed by atoms with Gasteiger partial charge in [0.05, 0.1) is 12.7 Å². The van der Waals surface area contributed by atoms with E-state index in [1.807, 2.05) is 24.3 Å². The van der Waals surface area contributed by atoms with E-state index in [2.05, 4.69) is 6.26 Å². The number of hydrogen-bond donors (Lipinski definition) is 1. The fourth-order valence-electron chi connectivity index (χ4n) is 1.31. The van der Waals surface area contributed by atoms with Gasteiger partial charge < -0.3 is 9.84 Å². The second-order valence-corrected chi connectivity index (χ2v) is 4.52. The Bertz CT molecular complexity index is 269. The van der Waals surface area contributed by atoms with Crippen LogP contribution in [0.2, 0.25) is 0 Å². The van der Waals surface area contributed by atoms with E-state index in [1.54, 1.807) is 18.7 Å². The van der Waals surface area contributed by atoms with Gasteiger partial charge >= 0.3 is 0 Å². The molecule has 2 nitrogen and oxygen atoms in total. The Morgan fingerprint density at radius 1 is 1.33 bits per heavy atom. The molecule has 1 aromatic carbocycles. The molecule has 0 saturated heterocycles. The minimum Gasteiger partial charge on any atom is -0.493 e. The Balaban J connectivity index is 2.42. The lowest BCUT2D eigenvalue weighted by Crippen LogP contribution is -2.04. The minimum absolute atomic E-state index is 0.284. The molecule has 1 aromatic rings. The summed E-state index contributed by atoms with van der Waals surface area (Å²) in [4.78, 5) is 0. The van der Waals surface area contributed by atoms with Crippen LogP contribution in [0.15, 0.2) is 24.3 Å². The molecule has 0 aliphatic rings. The van der Waals surface area contributed by atoms with Crippen molar-refractivity contribution >= 4 is 11.8 Å². The topological polar surface area (TPSA) is 29.5 Å². The molecule has 3 heteroatoms. The summed E-state index contributed by atoms with van der Waals surface area (Å²) in [6.45, 7) is 2.54. The van der Waals surface area contributed by atoms with Gasteiger partial charge in [0.15, 0.2) is 0 Å². The molecule has 84 valence electrons. The molecule has 0 spiro atoms. The van der Waals surface area contributed by atoms with E-state index in [9.17, 15) is 5.11 Å². The van der Waals surface area contributed by atoms with Gasteiger partial charge in [-0.15, -0.1) is 0 Å². The zero-order chi connectivity index (χ0) is 11.1. The molecule has 0 amide bonds. The Labute approximate surface area is 95.7 Å². The summed E-state index contributed by atoms with van der Waals surface area (Å²) < 4.78 is 5.52. The first-order valence-electron chi connectivity index (χ1n) is 5.11. The second-order valence-electron chi connectivity index (χ2n) is 3.54. The highest BCUT2D eigenvalue weighted by molar-refractivity contribution is 7.98. The summed E-state index contributed by atoms with van der Waals surface area (Å²) in [6, 6.07) is 7.92. The third kappa shape index (κ3) is 5.09. The van der Waals surface area contributed by atoms with Crippen LogP contribution in [0.5, 0.6) is 5.75 Å². The number of aliphatic hydroxyl groups excluding tert-OH is 1. The number of rotatable bonds is 6. The van der Waals surface area contributed by atoms with Gasteiger partial charge in [0.2, 0.25) is 0 Å². The van der Waals surface area contributed by atoms with Gasteiger partial charge in [0.1, 0.15) is 5.75 Å². The predicted octanol–water partition coefficient (Wildman–Crippen LogP) is 2.35. The molecule has 1 unspecified atom stereocenters. The van der Waals surface area contributed by atoms with Crippen molar-refractivity contribution in [1.29, 1.82) is 0 Å². The summed E-state index contributed by atoms with van der Waals surface area (Å²) in [7, 11) is 0. The second kappa shape index (κ2) is 6.75. The predicted molar refractivity (Wildman–Crippen MR) is 65.7 cm³/mol. The molecule has 1 atom stereocenters. The molecule has 0 bridgehead atoms. The van der Waals surface area contributed by atoms with E-state index in [1.165, 1.54) is 0 Å². The van der Waals surface area contributed by atoms with E-state index >= 15 is 0 Å². The quantitative estimate of drug-likeness (QED) is 0.755. The fourth-order valence-corrected chi connectivity index (χ4v) is 1.56. The van der Waals surface area contributed by atoms with Crippen molar-refractivity contribution < 1.29 is 9.84 Å². The third-order valence-electron chi connectivity index (χ3n) is 2.01. The van der Waals surface area contributed by atoms with Gasteiger partial charge in [0, 0.05) is 5.75 Å². The van der Waals surface area contributed by atoms with Crippen LogP contribution in [0, 0.1) is 0 Å². The van der Waals surface area contributed by atoms with Crippen LogP contribution in [-0.2, 0) is 6.42 Å². The van der Waals surface area contributed by atoms with E-state index in [0.717, 1.165) is 23.7 Å². The SMILES string of the molecule is CSCCOc1ccc(CC(C)O)cc1. The molecule has 0 heterocycles. The first-order chi connectivity index (χ1) is 7.22. The fraction of sp³-hybridized carbons (Fsp3) is 0.500. The monoisotopic (exact) mass is 226 g/mol. The zero-order valence-electron chi connectivity index (χ0n) is 9.27. The number of ether oxygens (including phenoxy) is 1. The molecule has 0 aliphatic carbocycles. The van der Waals surface area contributed by atoms with E-state index in [4.69, 9.17) is 4.74 Å². The van der Waals surface area contributed by atoms with Crippen molar-refractivity contribution in [2.75, 3.05) is 18.6 Å². The zero-order valence-corrected chi connectivity index (χ0v) is 10.1. The highest BCUT2D eigenvalue weighted by Crippen LogP contribution is 2.13. The molecule has 0 radical (unpaired) electrons. The van der Waals surface area contributed by atoms with E-state index in [0.29, 0.717) is 6.42 Å². The molecule has 0 aromatic heterocycles. The summed E-state index contributed by atoms with van der Waals surface area (Å²) in [5.41, 5.74) is 1.14. The molecule has 0 aliphatic heterocycles. The van der Waals surface area contributed by atoms with Crippen LogP contribution in [0.25, 0.3) is 0 Å². The highest BCUT2D eigenvalue weighted by atomic mass is 32.2. The molecule has 1 N–H and O–H groups in total. The third-order valence-corrected chi connectivity index (χ3v) is 2.59. The normalized spacial score (nSPS) is 12.5.